The van der Waals surface area contributed by atoms with Gasteiger partial charge in [0.2, 0.25) is 5.91 Å². The smallest absolute Gasteiger partial charge is 0.222 e. The fourth-order valence-electron chi connectivity index (χ4n) is 4.57. The van der Waals surface area contributed by atoms with Gasteiger partial charge in [-0.3, -0.25) is 4.79 Å². The van der Waals surface area contributed by atoms with E-state index in [0.717, 1.165) is 6.42 Å². The number of benzene rings is 1. The van der Waals surface area contributed by atoms with Crippen molar-refractivity contribution in [2.45, 2.75) is 38.1 Å². The fourth-order valence-corrected chi connectivity index (χ4v) is 4.57. The Hall–Kier alpha value is -1.57. The standard InChI is InChI=1S/C17H19NO/c1-18-15(19)9-11-17-10-5-4-8-14(17)12-6-2-3-7-13(12)16(17)18/h2-3,6-8,16H,4-5,9-11H2,1H3/t16-,17+/m0/s1. The predicted molar refractivity (Wildman–Crippen MR) is 75.4 cm³/mol. The van der Waals surface area contributed by atoms with Crippen molar-refractivity contribution in [3.05, 3.63) is 41.5 Å². The Morgan fingerprint density at radius 2 is 2.11 bits per heavy atom. The second-order valence-corrected chi connectivity index (χ2v) is 6.16. The molecule has 1 aromatic carbocycles. The van der Waals surface area contributed by atoms with Crippen LogP contribution in [-0.4, -0.2) is 17.9 Å². The van der Waals surface area contributed by atoms with Gasteiger partial charge in [0, 0.05) is 18.9 Å². The lowest BCUT2D eigenvalue weighted by atomic mass is 9.65. The second kappa shape index (κ2) is 3.72. The van der Waals surface area contributed by atoms with Gasteiger partial charge in [-0.2, -0.15) is 0 Å². The summed E-state index contributed by atoms with van der Waals surface area (Å²) in [5.41, 5.74) is 4.50. The van der Waals surface area contributed by atoms with Gasteiger partial charge in [-0.05, 0) is 42.4 Å². The molecule has 1 spiro atoms. The van der Waals surface area contributed by atoms with Gasteiger partial charge in [-0.1, -0.05) is 30.3 Å². The summed E-state index contributed by atoms with van der Waals surface area (Å²) < 4.78 is 0. The summed E-state index contributed by atoms with van der Waals surface area (Å²) in [4.78, 5) is 14.1. The first-order valence-corrected chi connectivity index (χ1v) is 7.30. The highest BCUT2D eigenvalue weighted by Gasteiger charge is 2.54. The number of hydrogen-bond acceptors (Lipinski definition) is 1. The zero-order valence-corrected chi connectivity index (χ0v) is 11.4. The third-order valence-electron chi connectivity index (χ3n) is 5.35. The van der Waals surface area contributed by atoms with E-state index in [4.69, 9.17) is 0 Å². The van der Waals surface area contributed by atoms with Crippen LogP contribution in [0.4, 0.5) is 0 Å². The van der Waals surface area contributed by atoms with Crippen LogP contribution in [0.1, 0.15) is 49.3 Å². The summed E-state index contributed by atoms with van der Waals surface area (Å²) in [6, 6.07) is 8.97. The minimum Gasteiger partial charge on any atom is -0.338 e. The van der Waals surface area contributed by atoms with Crippen molar-refractivity contribution >= 4 is 11.5 Å². The zero-order chi connectivity index (χ0) is 13.0. The van der Waals surface area contributed by atoms with E-state index >= 15 is 0 Å². The number of piperidine rings is 1. The van der Waals surface area contributed by atoms with Crippen LogP contribution in [0.5, 0.6) is 0 Å². The number of likely N-dealkylation sites (tertiary alicyclic amines) is 1. The molecule has 1 aliphatic heterocycles. The van der Waals surface area contributed by atoms with E-state index in [1.165, 1.54) is 36.0 Å². The number of amides is 1. The van der Waals surface area contributed by atoms with Crippen LogP contribution in [-0.2, 0) is 4.79 Å². The van der Waals surface area contributed by atoms with Crippen LogP contribution in [0.3, 0.4) is 0 Å². The highest BCUT2D eigenvalue weighted by Crippen LogP contribution is 2.63. The first kappa shape index (κ1) is 11.3. The Kier molecular flexibility index (Phi) is 2.21. The molecular weight excluding hydrogens is 234 g/mol. The second-order valence-electron chi connectivity index (χ2n) is 6.16. The molecule has 1 heterocycles. The zero-order valence-electron chi connectivity index (χ0n) is 11.4. The molecule has 2 aliphatic carbocycles. The van der Waals surface area contributed by atoms with Gasteiger partial charge in [0.1, 0.15) is 0 Å². The van der Waals surface area contributed by atoms with Crippen molar-refractivity contribution in [1.29, 1.82) is 0 Å². The molecule has 2 nitrogen and oxygen atoms in total. The van der Waals surface area contributed by atoms with E-state index in [0.29, 0.717) is 12.3 Å². The average molecular weight is 253 g/mol. The molecule has 1 fully saturated rings. The lowest BCUT2D eigenvalue weighted by Gasteiger charge is -2.47. The lowest BCUT2D eigenvalue weighted by Crippen LogP contribution is -2.45. The Morgan fingerprint density at radius 1 is 1.26 bits per heavy atom. The Bertz CT molecular complexity index is 589. The molecule has 98 valence electrons. The van der Waals surface area contributed by atoms with E-state index < -0.39 is 0 Å². The summed E-state index contributed by atoms with van der Waals surface area (Å²) in [6.45, 7) is 0. The van der Waals surface area contributed by atoms with Crippen molar-refractivity contribution in [1.82, 2.24) is 4.90 Å². The molecule has 0 unspecified atom stereocenters. The first-order valence-electron chi connectivity index (χ1n) is 7.30. The number of carbonyl (C=O) groups is 1. The summed E-state index contributed by atoms with van der Waals surface area (Å²) in [5.74, 6) is 0.303. The molecule has 0 aromatic heterocycles. The molecule has 0 saturated carbocycles. The van der Waals surface area contributed by atoms with Crippen LogP contribution < -0.4 is 0 Å². The molecule has 1 aromatic rings. The summed E-state index contributed by atoms with van der Waals surface area (Å²) in [6.07, 6.45) is 7.85. The van der Waals surface area contributed by atoms with E-state index in [1.54, 1.807) is 0 Å². The molecule has 2 heteroatoms. The van der Waals surface area contributed by atoms with Crippen LogP contribution >= 0.6 is 0 Å². The molecule has 1 amide bonds. The van der Waals surface area contributed by atoms with E-state index in [-0.39, 0.29) is 11.5 Å². The molecule has 4 rings (SSSR count). The SMILES string of the molecule is CN1C(=O)CC[C@]23CCCC=C2c2ccccc2[C@H]13. The van der Waals surface area contributed by atoms with Gasteiger partial charge in [0.15, 0.2) is 0 Å². The molecular formula is C17H19NO. The number of carbonyl (C=O) groups excluding carboxylic acids is 1. The number of allylic oxidation sites excluding steroid dienone is 1. The predicted octanol–water partition coefficient (Wildman–Crippen LogP) is 3.55. The van der Waals surface area contributed by atoms with Gasteiger partial charge < -0.3 is 4.90 Å². The largest absolute Gasteiger partial charge is 0.338 e. The molecule has 0 N–H and O–H groups in total. The molecule has 1 saturated heterocycles. The Balaban J connectivity index is 1.97. The van der Waals surface area contributed by atoms with Crippen LogP contribution in [0.15, 0.2) is 30.3 Å². The first-order chi connectivity index (χ1) is 9.24. The van der Waals surface area contributed by atoms with Crippen molar-refractivity contribution in [3.8, 4) is 0 Å². The Labute approximate surface area is 114 Å². The van der Waals surface area contributed by atoms with E-state index in [9.17, 15) is 4.79 Å². The van der Waals surface area contributed by atoms with Gasteiger partial charge in [0.05, 0.1) is 6.04 Å². The van der Waals surface area contributed by atoms with Crippen LogP contribution in [0.2, 0.25) is 0 Å². The molecule has 0 radical (unpaired) electrons. The highest BCUT2D eigenvalue weighted by molar-refractivity contribution is 5.86. The number of fused-ring (bicyclic) bond motifs is 3. The van der Waals surface area contributed by atoms with Gasteiger partial charge >= 0.3 is 0 Å². The Morgan fingerprint density at radius 3 is 3.00 bits per heavy atom. The lowest BCUT2D eigenvalue weighted by molar-refractivity contribution is -0.139. The highest BCUT2D eigenvalue weighted by atomic mass is 16.2. The summed E-state index contributed by atoms with van der Waals surface area (Å²) in [5, 5.41) is 0. The third-order valence-corrected chi connectivity index (χ3v) is 5.35. The van der Waals surface area contributed by atoms with Crippen molar-refractivity contribution in [2.75, 3.05) is 7.05 Å². The van der Waals surface area contributed by atoms with E-state index in [1.807, 2.05) is 11.9 Å². The molecule has 3 aliphatic rings. The number of hydrogen-bond donors (Lipinski definition) is 0. The van der Waals surface area contributed by atoms with Gasteiger partial charge in [-0.15, -0.1) is 0 Å². The third kappa shape index (κ3) is 1.29. The van der Waals surface area contributed by atoms with Crippen LogP contribution in [0.25, 0.3) is 5.57 Å². The average Bonchev–Trinajstić information content (AvgIpc) is 2.75. The van der Waals surface area contributed by atoms with E-state index in [2.05, 4.69) is 30.3 Å². The quantitative estimate of drug-likeness (QED) is 0.692. The fraction of sp³-hybridized carbons (Fsp3) is 0.471. The van der Waals surface area contributed by atoms with Crippen molar-refractivity contribution in [3.63, 3.8) is 0 Å². The maximum atomic E-state index is 12.1. The minimum absolute atomic E-state index is 0.213. The summed E-state index contributed by atoms with van der Waals surface area (Å²) in [7, 11) is 1.99. The maximum Gasteiger partial charge on any atom is 0.222 e. The molecule has 2 atom stereocenters. The van der Waals surface area contributed by atoms with Crippen LogP contribution in [0, 0.1) is 5.41 Å². The molecule has 0 bridgehead atoms. The number of nitrogens with zero attached hydrogens (tertiary/aromatic N) is 1. The number of rotatable bonds is 0. The summed E-state index contributed by atoms with van der Waals surface area (Å²) >= 11 is 0. The molecule has 19 heavy (non-hydrogen) atoms. The normalized spacial score (nSPS) is 32.5. The minimum atomic E-state index is 0.213. The van der Waals surface area contributed by atoms with Gasteiger partial charge in [-0.25, -0.2) is 0 Å². The van der Waals surface area contributed by atoms with Crippen molar-refractivity contribution in [2.24, 2.45) is 5.41 Å². The van der Waals surface area contributed by atoms with Crippen molar-refractivity contribution < 1.29 is 4.79 Å². The van der Waals surface area contributed by atoms with Gasteiger partial charge in [0.25, 0.3) is 0 Å². The monoisotopic (exact) mass is 253 g/mol. The topological polar surface area (TPSA) is 20.3 Å². The maximum absolute atomic E-state index is 12.1.